The molecule has 0 rings (SSSR count). The Balaban J connectivity index is 3.97. The maximum absolute atomic E-state index is 10.1. The number of carbonyl (C=O) groups is 1. The molecule has 0 atom stereocenters. The standard InChI is InChI=1S/C6H11NO2/c1-5(2)6(4-8)7-9-3/h4-5H,1-3H3. The number of rotatable bonds is 3. The van der Waals surface area contributed by atoms with Gasteiger partial charge in [-0.15, -0.1) is 0 Å². The molecule has 3 nitrogen and oxygen atoms in total. The molecule has 0 unspecified atom stereocenters. The molecule has 3 heteroatoms. The Kier molecular flexibility index (Phi) is 3.67. The lowest BCUT2D eigenvalue weighted by atomic mass is 10.1. The van der Waals surface area contributed by atoms with Crippen molar-refractivity contribution in [1.29, 1.82) is 0 Å². The highest BCUT2D eigenvalue weighted by atomic mass is 16.6. The summed E-state index contributed by atoms with van der Waals surface area (Å²) in [6.45, 7) is 3.76. The minimum Gasteiger partial charge on any atom is -0.399 e. The Labute approximate surface area is 54.7 Å². The number of aldehydes is 1. The van der Waals surface area contributed by atoms with Gasteiger partial charge in [-0.05, 0) is 0 Å². The molecular weight excluding hydrogens is 118 g/mol. The highest BCUT2D eigenvalue weighted by molar-refractivity contribution is 6.28. The highest BCUT2D eigenvalue weighted by Gasteiger charge is 2.02. The second-order valence-electron chi connectivity index (χ2n) is 1.97. The summed E-state index contributed by atoms with van der Waals surface area (Å²) >= 11 is 0. The molecule has 0 aromatic heterocycles. The smallest absolute Gasteiger partial charge is 0.167 e. The van der Waals surface area contributed by atoms with Gasteiger partial charge < -0.3 is 4.84 Å². The Morgan fingerprint density at radius 2 is 2.22 bits per heavy atom. The third-order valence-corrected chi connectivity index (χ3v) is 0.909. The molecule has 0 radical (unpaired) electrons. The first-order valence-corrected chi connectivity index (χ1v) is 2.78. The second kappa shape index (κ2) is 4.06. The summed E-state index contributed by atoms with van der Waals surface area (Å²) in [6.07, 6.45) is 0.703. The van der Waals surface area contributed by atoms with Gasteiger partial charge in [0.1, 0.15) is 12.8 Å². The Hall–Kier alpha value is -0.860. The largest absolute Gasteiger partial charge is 0.399 e. The average Bonchev–Trinajstić information content (AvgIpc) is 1.82. The molecule has 0 N–H and O–H groups in total. The molecule has 0 aliphatic rings. The summed E-state index contributed by atoms with van der Waals surface area (Å²) < 4.78 is 0. The second-order valence-corrected chi connectivity index (χ2v) is 1.97. The SMILES string of the molecule is CON=C(C=O)C(C)C. The van der Waals surface area contributed by atoms with E-state index in [9.17, 15) is 4.79 Å². The summed E-state index contributed by atoms with van der Waals surface area (Å²) in [5.41, 5.74) is 0.442. The van der Waals surface area contributed by atoms with Crippen molar-refractivity contribution in [2.45, 2.75) is 13.8 Å². The van der Waals surface area contributed by atoms with Crippen LogP contribution in [-0.4, -0.2) is 19.1 Å². The van der Waals surface area contributed by atoms with Crippen LogP contribution in [0, 0.1) is 5.92 Å². The van der Waals surface area contributed by atoms with Crippen LogP contribution in [0.4, 0.5) is 0 Å². The first-order chi connectivity index (χ1) is 4.22. The maximum Gasteiger partial charge on any atom is 0.167 e. The monoisotopic (exact) mass is 129 g/mol. The van der Waals surface area contributed by atoms with Crippen LogP contribution in [0.5, 0.6) is 0 Å². The van der Waals surface area contributed by atoms with E-state index in [1.54, 1.807) is 0 Å². The summed E-state index contributed by atoms with van der Waals surface area (Å²) in [7, 11) is 1.42. The van der Waals surface area contributed by atoms with Gasteiger partial charge in [-0.2, -0.15) is 0 Å². The lowest BCUT2D eigenvalue weighted by Crippen LogP contribution is -2.08. The van der Waals surface area contributed by atoms with Crippen molar-refractivity contribution in [2.24, 2.45) is 11.1 Å². The van der Waals surface area contributed by atoms with E-state index in [0.717, 1.165) is 0 Å². The van der Waals surface area contributed by atoms with Crippen LogP contribution in [0.15, 0.2) is 5.16 Å². The summed E-state index contributed by atoms with van der Waals surface area (Å²) in [5.74, 6) is 0.141. The molecule has 0 saturated carbocycles. The molecule has 0 fully saturated rings. The van der Waals surface area contributed by atoms with Crippen LogP contribution in [-0.2, 0) is 9.63 Å². The van der Waals surface area contributed by atoms with Gasteiger partial charge >= 0.3 is 0 Å². The van der Waals surface area contributed by atoms with E-state index in [-0.39, 0.29) is 5.92 Å². The summed E-state index contributed by atoms with van der Waals surface area (Å²) in [4.78, 5) is 14.5. The fourth-order valence-electron chi connectivity index (χ4n) is 0.368. The van der Waals surface area contributed by atoms with Crippen LogP contribution < -0.4 is 0 Å². The van der Waals surface area contributed by atoms with E-state index in [4.69, 9.17) is 0 Å². The van der Waals surface area contributed by atoms with Gasteiger partial charge in [0.2, 0.25) is 0 Å². The Bertz CT molecular complexity index is 118. The Morgan fingerprint density at radius 1 is 1.67 bits per heavy atom. The van der Waals surface area contributed by atoms with Crippen molar-refractivity contribution in [3.05, 3.63) is 0 Å². The van der Waals surface area contributed by atoms with Crippen LogP contribution in [0.1, 0.15) is 13.8 Å². The zero-order valence-electron chi connectivity index (χ0n) is 5.92. The summed E-state index contributed by atoms with van der Waals surface area (Å²) in [5, 5.41) is 3.49. The predicted octanol–water partition coefficient (Wildman–Crippen LogP) is 0.844. The molecular formula is C6H11NO2. The maximum atomic E-state index is 10.1. The molecule has 0 aliphatic carbocycles. The number of hydrogen-bond donors (Lipinski definition) is 0. The first kappa shape index (κ1) is 8.14. The van der Waals surface area contributed by atoms with Crippen LogP contribution >= 0.6 is 0 Å². The molecule has 0 aromatic carbocycles. The van der Waals surface area contributed by atoms with Gasteiger partial charge in [0.25, 0.3) is 0 Å². The third-order valence-electron chi connectivity index (χ3n) is 0.909. The normalized spacial score (nSPS) is 11.8. The van der Waals surface area contributed by atoms with Gasteiger partial charge in [-0.3, -0.25) is 4.79 Å². The van der Waals surface area contributed by atoms with Crippen LogP contribution in [0.2, 0.25) is 0 Å². The number of hydrogen-bond acceptors (Lipinski definition) is 3. The van der Waals surface area contributed by atoms with E-state index in [2.05, 4.69) is 9.99 Å². The van der Waals surface area contributed by atoms with Crippen molar-refractivity contribution in [3.63, 3.8) is 0 Å². The van der Waals surface area contributed by atoms with E-state index in [1.807, 2.05) is 13.8 Å². The minimum atomic E-state index is 0.141. The highest BCUT2D eigenvalue weighted by Crippen LogP contribution is 1.93. The quantitative estimate of drug-likeness (QED) is 0.322. The van der Waals surface area contributed by atoms with Crippen molar-refractivity contribution >= 4 is 12.0 Å². The van der Waals surface area contributed by atoms with Crippen molar-refractivity contribution in [2.75, 3.05) is 7.11 Å². The average molecular weight is 129 g/mol. The number of nitrogens with zero attached hydrogens (tertiary/aromatic N) is 1. The first-order valence-electron chi connectivity index (χ1n) is 2.78. The van der Waals surface area contributed by atoms with E-state index in [0.29, 0.717) is 12.0 Å². The van der Waals surface area contributed by atoms with Crippen molar-refractivity contribution in [3.8, 4) is 0 Å². The van der Waals surface area contributed by atoms with Crippen LogP contribution in [0.25, 0.3) is 0 Å². The van der Waals surface area contributed by atoms with Gasteiger partial charge in [-0.1, -0.05) is 19.0 Å². The molecule has 0 aromatic rings. The topological polar surface area (TPSA) is 38.7 Å². The zero-order chi connectivity index (χ0) is 7.28. The fraction of sp³-hybridized carbons (Fsp3) is 0.667. The van der Waals surface area contributed by atoms with Crippen LogP contribution in [0.3, 0.4) is 0 Å². The molecule has 9 heavy (non-hydrogen) atoms. The lowest BCUT2D eigenvalue weighted by Gasteiger charge is -1.98. The summed E-state index contributed by atoms with van der Waals surface area (Å²) in [6, 6.07) is 0. The zero-order valence-corrected chi connectivity index (χ0v) is 5.92. The lowest BCUT2D eigenvalue weighted by molar-refractivity contribution is -0.103. The van der Waals surface area contributed by atoms with Crippen molar-refractivity contribution < 1.29 is 9.63 Å². The van der Waals surface area contributed by atoms with E-state index < -0.39 is 0 Å². The van der Waals surface area contributed by atoms with Crippen molar-refractivity contribution in [1.82, 2.24) is 0 Å². The Morgan fingerprint density at radius 3 is 2.33 bits per heavy atom. The molecule has 0 aliphatic heterocycles. The van der Waals surface area contributed by atoms with E-state index in [1.165, 1.54) is 7.11 Å². The molecule has 0 amide bonds. The molecule has 0 saturated heterocycles. The molecule has 52 valence electrons. The van der Waals surface area contributed by atoms with Gasteiger partial charge in [0.15, 0.2) is 6.29 Å². The van der Waals surface area contributed by atoms with Gasteiger partial charge in [0.05, 0.1) is 0 Å². The predicted molar refractivity (Wildman–Crippen MR) is 35.3 cm³/mol. The molecule has 0 heterocycles. The molecule has 0 spiro atoms. The van der Waals surface area contributed by atoms with Gasteiger partial charge in [0, 0.05) is 5.92 Å². The number of oxime groups is 1. The van der Waals surface area contributed by atoms with Gasteiger partial charge in [-0.25, -0.2) is 0 Å². The fourth-order valence-corrected chi connectivity index (χ4v) is 0.368. The minimum absolute atomic E-state index is 0.141. The third kappa shape index (κ3) is 2.85. The number of carbonyl (C=O) groups excluding carboxylic acids is 1. The molecule has 0 bridgehead atoms. The van der Waals surface area contributed by atoms with E-state index >= 15 is 0 Å².